The topological polar surface area (TPSA) is 66.5 Å². The molecule has 1 heterocycles. The molecule has 0 bridgehead atoms. The second kappa shape index (κ2) is 5.63. The van der Waals surface area contributed by atoms with Gasteiger partial charge in [-0.2, -0.15) is 4.31 Å². The first kappa shape index (κ1) is 14.5. The van der Waals surface area contributed by atoms with Gasteiger partial charge in [0.1, 0.15) is 0 Å². The van der Waals surface area contributed by atoms with Crippen molar-refractivity contribution in [3.8, 4) is 0 Å². The maximum absolute atomic E-state index is 12.1. The lowest BCUT2D eigenvalue weighted by atomic mass is 9.86. The van der Waals surface area contributed by atoms with Crippen molar-refractivity contribution in [3.63, 3.8) is 0 Å². The monoisotopic (exact) mass is 286 g/mol. The highest BCUT2D eigenvalue weighted by Gasteiger charge is 2.28. The van der Waals surface area contributed by atoms with Crippen molar-refractivity contribution in [1.82, 2.24) is 9.62 Å². The number of carbonyl (C=O) groups is 1. The highest BCUT2D eigenvalue weighted by Crippen LogP contribution is 2.24. The SMILES string of the molecule is CC1CCCCC1NC(=O)C1=CCN(S(C)(=O)=O)C1. The number of nitrogens with zero attached hydrogens (tertiary/aromatic N) is 1. The molecule has 19 heavy (non-hydrogen) atoms. The van der Waals surface area contributed by atoms with Crippen LogP contribution in [0, 0.1) is 5.92 Å². The predicted molar refractivity (Wildman–Crippen MR) is 74.1 cm³/mol. The molecule has 1 N–H and O–H groups in total. The van der Waals surface area contributed by atoms with Crippen molar-refractivity contribution in [2.24, 2.45) is 5.92 Å². The van der Waals surface area contributed by atoms with Gasteiger partial charge in [0.25, 0.3) is 0 Å². The van der Waals surface area contributed by atoms with Gasteiger partial charge in [0.2, 0.25) is 15.9 Å². The molecule has 6 heteroatoms. The van der Waals surface area contributed by atoms with E-state index in [9.17, 15) is 13.2 Å². The number of nitrogens with one attached hydrogen (secondary N) is 1. The average molecular weight is 286 g/mol. The van der Waals surface area contributed by atoms with Gasteiger partial charge < -0.3 is 5.32 Å². The van der Waals surface area contributed by atoms with E-state index in [1.807, 2.05) is 0 Å². The van der Waals surface area contributed by atoms with E-state index in [2.05, 4.69) is 12.2 Å². The third-order valence-electron chi connectivity index (χ3n) is 4.08. The number of carbonyl (C=O) groups excluding carboxylic acids is 1. The summed E-state index contributed by atoms with van der Waals surface area (Å²) in [5.74, 6) is 0.399. The molecule has 0 saturated heterocycles. The Balaban J connectivity index is 1.91. The number of rotatable bonds is 3. The van der Waals surface area contributed by atoms with Crippen LogP contribution in [0.2, 0.25) is 0 Å². The van der Waals surface area contributed by atoms with Crippen LogP contribution in [0.4, 0.5) is 0 Å². The molecule has 2 atom stereocenters. The molecule has 0 aromatic carbocycles. The Morgan fingerprint density at radius 3 is 2.63 bits per heavy atom. The van der Waals surface area contributed by atoms with Gasteiger partial charge in [-0.25, -0.2) is 8.42 Å². The van der Waals surface area contributed by atoms with Crippen molar-refractivity contribution in [3.05, 3.63) is 11.6 Å². The summed E-state index contributed by atoms with van der Waals surface area (Å²) in [5.41, 5.74) is 0.572. The van der Waals surface area contributed by atoms with E-state index in [4.69, 9.17) is 0 Å². The van der Waals surface area contributed by atoms with Crippen LogP contribution in [0.1, 0.15) is 32.6 Å². The Morgan fingerprint density at radius 1 is 1.37 bits per heavy atom. The van der Waals surface area contributed by atoms with Crippen molar-refractivity contribution in [1.29, 1.82) is 0 Å². The summed E-state index contributed by atoms with van der Waals surface area (Å²) in [6, 6.07) is 0.231. The molecule has 2 rings (SSSR count). The molecule has 108 valence electrons. The Labute approximate surface area is 115 Å². The van der Waals surface area contributed by atoms with Gasteiger partial charge in [-0.05, 0) is 18.8 Å². The first-order chi connectivity index (χ1) is 8.88. The zero-order valence-corrected chi connectivity index (χ0v) is 12.4. The molecule has 2 aliphatic rings. The van der Waals surface area contributed by atoms with E-state index in [1.54, 1.807) is 6.08 Å². The van der Waals surface area contributed by atoms with Crippen LogP contribution in [-0.2, 0) is 14.8 Å². The highest BCUT2D eigenvalue weighted by atomic mass is 32.2. The zero-order chi connectivity index (χ0) is 14.0. The molecule has 0 aromatic rings. The molecule has 5 nitrogen and oxygen atoms in total. The molecule has 1 aliphatic heterocycles. The molecular weight excluding hydrogens is 264 g/mol. The summed E-state index contributed by atoms with van der Waals surface area (Å²) in [4.78, 5) is 12.1. The fourth-order valence-electron chi connectivity index (χ4n) is 2.74. The van der Waals surface area contributed by atoms with Crippen molar-refractivity contribution in [2.45, 2.75) is 38.6 Å². The van der Waals surface area contributed by atoms with E-state index in [0.717, 1.165) is 19.3 Å². The molecule has 0 spiro atoms. The van der Waals surface area contributed by atoms with Gasteiger partial charge in [0, 0.05) is 24.7 Å². The quantitative estimate of drug-likeness (QED) is 0.837. The number of amides is 1. The summed E-state index contributed by atoms with van der Waals surface area (Å²) < 4.78 is 24.1. The van der Waals surface area contributed by atoms with Crippen LogP contribution in [0.3, 0.4) is 0 Å². The van der Waals surface area contributed by atoms with Crippen LogP contribution in [-0.4, -0.2) is 44.0 Å². The van der Waals surface area contributed by atoms with Gasteiger partial charge >= 0.3 is 0 Å². The average Bonchev–Trinajstić information content (AvgIpc) is 2.81. The molecule has 1 aliphatic carbocycles. The zero-order valence-electron chi connectivity index (χ0n) is 11.6. The molecule has 1 fully saturated rings. The van der Waals surface area contributed by atoms with E-state index in [-0.39, 0.29) is 18.5 Å². The Bertz CT molecular complexity index is 484. The minimum atomic E-state index is -3.21. The lowest BCUT2D eigenvalue weighted by Crippen LogP contribution is -2.42. The van der Waals surface area contributed by atoms with Gasteiger partial charge in [-0.15, -0.1) is 0 Å². The third-order valence-corrected chi connectivity index (χ3v) is 5.29. The lowest BCUT2D eigenvalue weighted by molar-refractivity contribution is -0.118. The Hall–Kier alpha value is -0.880. The van der Waals surface area contributed by atoms with Crippen LogP contribution in [0.25, 0.3) is 0 Å². The number of hydrogen-bond donors (Lipinski definition) is 1. The Morgan fingerprint density at radius 2 is 2.05 bits per heavy atom. The van der Waals surface area contributed by atoms with E-state index >= 15 is 0 Å². The first-order valence-electron chi connectivity index (χ1n) is 6.83. The smallest absolute Gasteiger partial charge is 0.248 e. The third kappa shape index (κ3) is 3.57. The van der Waals surface area contributed by atoms with Crippen molar-refractivity contribution >= 4 is 15.9 Å². The predicted octanol–water partition coefficient (Wildman–Crippen LogP) is 0.883. The fourth-order valence-corrected chi connectivity index (χ4v) is 3.46. The Kier molecular flexibility index (Phi) is 4.30. The normalized spacial score (nSPS) is 29.1. The molecule has 1 saturated carbocycles. The van der Waals surface area contributed by atoms with Crippen LogP contribution in [0.15, 0.2) is 11.6 Å². The van der Waals surface area contributed by atoms with E-state index < -0.39 is 10.0 Å². The van der Waals surface area contributed by atoms with Gasteiger partial charge in [0.05, 0.1) is 6.26 Å². The van der Waals surface area contributed by atoms with E-state index in [0.29, 0.717) is 18.0 Å². The second-order valence-electron chi connectivity index (χ2n) is 5.63. The summed E-state index contributed by atoms with van der Waals surface area (Å²) >= 11 is 0. The summed E-state index contributed by atoms with van der Waals surface area (Å²) in [7, 11) is -3.21. The second-order valence-corrected chi connectivity index (χ2v) is 7.61. The van der Waals surface area contributed by atoms with Crippen LogP contribution < -0.4 is 5.32 Å². The molecule has 0 radical (unpaired) electrons. The lowest BCUT2D eigenvalue weighted by Gasteiger charge is -2.29. The summed E-state index contributed by atoms with van der Waals surface area (Å²) in [5, 5.41) is 3.05. The molecular formula is C13H22N2O3S. The summed E-state index contributed by atoms with van der Waals surface area (Å²) in [6.07, 6.45) is 7.45. The van der Waals surface area contributed by atoms with Gasteiger partial charge in [-0.3, -0.25) is 4.79 Å². The van der Waals surface area contributed by atoms with Gasteiger partial charge in [0.15, 0.2) is 0 Å². The first-order valence-corrected chi connectivity index (χ1v) is 8.68. The van der Waals surface area contributed by atoms with Crippen LogP contribution in [0.5, 0.6) is 0 Å². The standard InChI is InChI=1S/C13H22N2O3S/c1-10-5-3-4-6-12(10)14-13(16)11-7-8-15(9-11)19(2,17)18/h7,10,12H,3-6,8-9H2,1-2H3,(H,14,16). The molecule has 2 unspecified atom stereocenters. The maximum Gasteiger partial charge on any atom is 0.248 e. The van der Waals surface area contributed by atoms with Crippen LogP contribution >= 0.6 is 0 Å². The molecule has 1 amide bonds. The minimum Gasteiger partial charge on any atom is -0.349 e. The van der Waals surface area contributed by atoms with Crippen molar-refractivity contribution < 1.29 is 13.2 Å². The number of sulfonamides is 1. The maximum atomic E-state index is 12.1. The molecule has 0 aromatic heterocycles. The van der Waals surface area contributed by atoms with Gasteiger partial charge in [-0.1, -0.05) is 25.8 Å². The van der Waals surface area contributed by atoms with E-state index in [1.165, 1.54) is 17.0 Å². The van der Waals surface area contributed by atoms with Crippen molar-refractivity contribution in [2.75, 3.05) is 19.3 Å². The summed E-state index contributed by atoms with van der Waals surface area (Å²) in [6.45, 7) is 2.67. The highest BCUT2D eigenvalue weighted by molar-refractivity contribution is 7.88. The largest absolute Gasteiger partial charge is 0.349 e. The fraction of sp³-hybridized carbons (Fsp3) is 0.769. The number of hydrogen-bond acceptors (Lipinski definition) is 3. The minimum absolute atomic E-state index is 0.107.